The lowest BCUT2D eigenvalue weighted by Gasteiger charge is -2.17. The first kappa shape index (κ1) is 12.6. The van der Waals surface area contributed by atoms with E-state index in [0.29, 0.717) is 11.2 Å². The summed E-state index contributed by atoms with van der Waals surface area (Å²) in [7, 11) is 0. The summed E-state index contributed by atoms with van der Waals surface area (Å²) in [6.45, 7) is 1.49. The molecule has 3 nitrogen and oxygen atoms in total. The average Bonchev–Trinajstić information content (AvgIpc) is 2.27. The van der Waals surface area contributed by atoms with Crippen LogP contribution in [0.15, 0.2) is 30.5 Å². The average molecular weight is 255 g/mol. The minimum Gasteiger partial charge on any atom is -0.380 e. The highest BCUT2D eigenvalue weighted by atomic mass is 19.4. The van der Waals surface area contributed by atoms with Gasteiger partial charge >= 0.3 is 6.18 Å². The fraction of sp³-hybridized carbons (Fsp3) is 0.333. The number of hydrogen-bond donors (Lipinski definition) is 1. The van der Waals surface area contributed by atoms with Gasteiger partial charge < -0.3 is 5.32 Å². The quantitative estimate of drug-likeness (QED) is 0.913. The van der Waals surface area contributed by atoms with Crippen molar-refractivity contribution < 1.29 is 13.2 Å². The molecule has 2 rings (SSSR count). The second-order valence-corrected chi connectivity index (χ2v) is 4.14. The predicted octanol–water partition coefficient (Wildman–Crippen LogP) is 3.38. The monoisotopic (exact) mass is 255 g/mol. The van der Waals surface area contributed by atoms with Crippen molar-refractivity contribution in [3.05, 3.63) is 30.5 Å². The van der Waals surface area contributed by atoms with Gasteiger partial charge in [-0.3, -0.25) is 0 Å². The van der Waals surface area contributed by atoms with Gasteiger partial charge in [-0.25, -0.2) is 0 Å². The largest absolute Gasteiger partial charge is 0.391 e. The maximum Gasteiger partial charge on any atom is 0.391 e. The Bertz CT molecular complexity index is 534. The minimum absolute atomic E-state index is 0.567. The Morgan fingerprint density at radius 2 is 2.00 bits per heavy atom. The van der Waals surface area contributed by atoms with Gasteiger partial charge in [0.2, 0.25) is 0 Å². The number of fused-ring (bicyclic) bond motifs is 1. The molecule has 18 heavy (non-hydrogen) atoms. The number of alkyl halides is 3. The van der Waals surface area contributed by atoms with E-state index in [1.54, 1.807) is 18.2 Å². The van der Waals surface area contributed by atoms with Crippen molar-refractivity contribution in [1.82, 2.24) is 10.2 Å². The Morgan fingerprint density at radius 3 is 2.72 bits per heavy atom. The fourth-order valence-corrected chi connectivity index (χ4v) is 1.79. The van der Waals surface area contributed by atoms with Gasteiger partial charge in [0.25, 0.3) is 0 Å². The maximum absolute atomic E-state index is 12.3. The molecule has 0 aliphatic rings. The highest BCUT2D eigenvalue weighted by Gasteiger charge is 2.30. The van der Waals surface area contributed by atoms with E-state index in [0.717, 1.165) is 5.39 Å². The molecule has 1 aromatic heterocycles. The van der Waals surface area contributed by atoms with Gasteiger partial charge in [-0.1, -0.05) is 18.2 Å². The van der Waals surface area contributed by atoms with Crippen LogP contribution in [-0.4, -0.2) is 22.4 Å². The first-order valence-electron chi connectivity index (χ1n) is 5.49. The summed E-state index contributed by atoms with van der Waals surface area (Å²) < 4.78 is 36.8. The van der Waals surface area contributed by atoms with Gasteiger partial charge in [0.05, 0.1) is 23.8 Å². The molecule has 0 amide bonds. The summed E-state index contributed by atoms with van der Waals surface area (Å²) in [6, 6.07) is 6.47. The second-order valence-electron chi connectivity index (χ2n) is 4.14. The van der Waals surface area contributed by atoms with Gasteiger partial charge in [0.15, 0.2) is 0 Å². The summed E-state index contributed by atoms with van der Waals surface area (Å²) in [5.41, 5.74) is 1.22. The number of benzene rings is 1. The Kier molecular flexibility index (Phi) is 3.36. The van der Waals surface area contributed by atoms with Crippen LogP contribution in [-0.2, 0) is 0 Å². The zero-order valence-corrected chi connectivity index (χ0v) is 9.70. The summed E-state index contributed by atoms with van der Waals surface area (Å²) >= 11 is 0. The van der Waals surface area contributed by atoms with Gasteiger partial charge in [-0.05, 0) is 13.0 Å². The zero-order chi connectivity index (χ0) is 13.2. The topological polar surface area (TPSA) is 37.8 Å². The van der Waals surface area contributed by atoms with E-state index in [-0.39, 0.29) is 0 Å². The molecular weight excluding hydrogens is 243 g/mol. The number of hydrogen-bond acceptors (Lipinski definition) is 3. The molecule has 0 radical (unpaired) electrons. The van der Waals surface area contributed by atoms with Crippen LogP contribution >= 0.6 is 0 Å². The molecule has 1 heterocycles. The predicted molar refractivity (Wildman–Crippen MR) is 63.3 cm³/mol. The van der Waals surface area contributed by atoms with Crippen molar-refractivity contribution in [2.75, 3.05) is 5.32 Å². The summed E-state index contributed by atoms with van der Waals surface area (Å²) in [4.78, 5) is 0. The number of nitrogens with zero attached hydrogens (tertiary/aromatic N) is 2. The van der Waals surface area contributed by atoms with Crippen LogP contribution in [0.3, 0.4) is 0 Å². The molecule has 1 unspecified atom stereocenters. The molecule has 0 aliphatic heterocycles. The van der Waals surface area contributed by atoms with Crippen molar-refractivity contribution in [3.63, 3.8) is 0 Å². The normalized spacial score (nSPS) is 13.6. The molecule has 6 heteroatoms. The van der Waals surface area contributed by atoms with Gasteiger partial charge in [-0.2, -0.15) is 23.4 Å². The lowest BCUT2D eigenvalue weighted by molar-refractivity contribution is -0.136. The first-order chi connectivity index (χ1) is 8.46. The van der Waals surface area contributed by atoms with Crippen LogP contribution in [0.1, 0.15) is 13.3 Å². The SMILES string of the molecule is CC(CC(F)(F)F)Nc1cnnc2ccccc12. The summed E-state index contributed by atoms with van der Waals surface area (Å²) in [5.74, 6) is 0. The van der Waals surface area contributed by atoms with E-state index >= 15 is 0 Å². The summed E-state index contributed by atoms with van der Waals surface area (Å²) in [5, 5.41) is 11.3. The third-order valence-electron chi connectivity index (χ3n) is 2.49. The van der Waals surface area contributed by atoms with E-state index in [4.69, 9.17) is 0 Å². The highest BCUT2D eigenvalue weighted by molar-refractivity contribution is 5.90. The minimum atomic E-state index is -4.18. The molecule has 0 bridgehead atoms. The molecule has 1 aromatic carbocycles. The molecule has 0 saturated heterocycles. The maximum atomic E-state index is 12.3. The van der Waals surface area contributed by atoms with E-state index in [2.05, 4.69) is 15.5 Å². The van der Waals surface area contributed by atoms with E-state index in [1.165, 1.54) is 13.1 Å². The number of rotatable bonds is 3. The lowest BCUT2D eigenvalue weighted by Crippen LogP contribution is -2.24. The van der Waals surface area contributed by atoms with Crippen molar-refractivity contribution in [2.24, 2.45) is 0 Å². The fourth-order valence-electron chi connectivity index (χ4n) is 1.79. The Hall–Kier alpha value is -1.85. The molecule has 0 saturated carbocycles. The zero-order valence-electron chi connectivity index (χ0n) is 9.70. The summed E-state index contributed by atoms with van der Waals surface area (Å²) in [6.07, 6.45) is -3.62. The Labute approximate surface area is 102 Å². The van der Waals surface area contributed by atoms with Gasteiger partial charge in [-0.15, -0.1) is 0 Å². The molecule has 96 valence electrons. The smallest absolute Gasteiger partial charge is 0.380 e. The van der Waals surface area contributed by atoms with E-state index in [9.17, 15) is 13.2 Å². The number of aromatic nitrogens is 2. The Balaban J connectivity index is 2.21. The molecule has 1 N–H and O–H groups in total. The standard InChI is InChI=1S/C12H12F3N3/c1-8(6-12(13,14)15)17-11-7-16-18-10-5-3-2-4-9(10)11/h2-5,7-8H,6H2,1H3,(H,17,18). The van der Waals surface area contributed by atoms with Crippen molar-refractivity contribution in [2.45, 2.75) is 25.6 Å². The molecule has 2 aromatic rings. The molecule has 0 fully saturated rings. The third kappa shape index (κ3) is 3.09. The van der Waals surface area contributed by atoms with Crippen LogP contribution in [0, 0.1) is 0 Å². The van der Waals surface area contributed by atoms with Crippen LogP contribution < -0.4 is 5.32 Å². The van der Waals surface area contributed by atoms with Crippen LogP contribution in [0.5, 0.6) is 0 Å². The van der Waals surface area contributed by atoms with Crippen molar-refractivity contribution in [3.8, 4) is 0 Å². The lowest BCUT2D eigenvalue weighted by atomic mass is 10.1. The van der Waals surface area contributed by atoms with Crippen LogP contribution in [0.25, 0.3) is 10.9 Å². The molecule has 1 atom stereocenters. The van der Waals surface area contributed by atoms with Crippen molar-refractivity contribution >= 4 is 16.6 Å². The van der Waals surface area contributed by atoms with Crippen LogP contribution in [0.2, 0.25) is 0 Å². The van der Waals surface area contributed by atoms with E-state index in [1.807, 2.05) is 6.07 Å². The van der Waals surface area contributed by atoms with Gasteiger partial charge in [0, 0.05) is 11.4 Å². The third-order valence-corrected chi connectivity index (χ3v) is 2.49. The first-order valence-corrected chi connectivity index (χ1v) is 5.49. The number of anilines is 1. The number of halogens is 3. The second kappa shape index (κ2) is 4.80. The Morgan fingerprint density at radius 1 is 1.28 bits per heavy atom. The van der Waals surface area contributed by atoms with E-state index < -0.39 is 18.6 Å². The molecular formula is C12H12F3N3. The van der Waals surface area contributed by atoms with Gasteiger partial charge in [0.1, 0.15) is 0 Å². The molecule has 0 spiro atoms. The van der Waals surface area contributed by atoms with Crippen molar-refractivity contribution in [1.29, 1.82) is 0 Å². The molecule has 0 aliphatic carbocycles. The van der Waals surface area contributed by atoms with Crippen LogP contribution in [0.4, 0.5) is 18.9 Å². The number of nitrogens with one attached hydrogen (secondary N) is 1. The highest BCUT2D eigenvalue weighted by Crippen LogP contribution is 2.25.